The number of methoxy groups -OCH3 is 2. The van der Waals surface area contributed by atoms with E-state index in [0.29, 0.717) is 26.2 Å². The second-order valence-electron chi connectivity index (χ2n) is 7.83. The van der Waals surface area contributed by atoms with Crippen LogP contribution in [0.5, 0.6) is 5.75 Å². The Morgan fingerprint density at radius 1 is 1.10 bits per heavy atom. The number of hydrogen-bond donors (Lipinski definition) is 1. The second-order valence-corrected chi connectivity index (χ2v) is 7.83. The highest BCUT2D eigenvalue weighted by molar-refractivity contribution is 5.83. The number of carbonyl (C=O) groups is 1. The first-order valence-corrected chi connectivity index (χ1v) is 10.2. The Bertz CT molecular complexity index is 797. The predicted octanol–water partition coefficient (Wildman–Crippen LogP) is 3.85. The van der Waals surface area contributed by atoms with Gasteiger partial charge in [-0.3, -0.25) is 4.79 Å². The van der Waals surface area contributed by atoms with E-state index in [0.717, 1.165) is 35.3 Å². The molecule has 2 aromatic carbocycles. The van der Waals surface area contributed by atoms with Crippen LogP contribution in [0, 0.1) is 5.41 Å². The number of rotatable bonds is 8. The van der Waals surface area contributed by atoms with Crippen molar-refractivity contribution in [1.29, 1.82) is 0 Å². The summed E-state index contributed by atoms with van der Waals surface area (Å²) in [6, 6.07) is 16.5. The fourth-order valence-corrected chi connectivity index (χ4v) is 3.95. The molecule has 0 spiro atoms. The van der Waals surface area contributed by atoms with Crippen molar-refractivity contribution in [3.05, 3.63) is 54.1 Å². The van der Waals surface area contributed by atoms with E-state index in [1.165, 1.54) is 0 Å². The molecule has 1 unspecified atom stereocenters. The SMILES string of the molecule is COCC(C)NC(=O)C1(Cc2cccc(-c3ccc(OC)cc3)c2)CCOCC1. The quantitative estimate of drug-likeness (QED) is 0.735. The number of ether oxygens (including phenoxy) is 3. The fourth-order valence-electron chi connectivity index (χ4n) is 3.95. The molecule has 1 aliphatic rings. The van der Waals surface area contributed by atoms with Gasteiger partial charge >= 0.3 is 0 Å². The van der Waals surface area contributed by atoms with Crippen molar-refractivity contribution in [2.45, 2.75) is 32.2 Å². The maximum atomic E-state index is 13.2. The molecule has 1 N–H and O–H groups in total. The third-order valence-electron chi connectivity index (χ3n) is 5.62. The molecule has 5 nitrogen and oxygen atoms in total. The van der Waals surface area contributed by atoms with Gasteiger partial charge < -0.3 is 19.5 Å². The number of nitrogens with one attached hydrogen (secondary N) is 1. The summed E-state index contributed by atoms with van der Waals surface area (Å²) in [5.74, 6) is 0.938. The van der Waals surface area contributed by atoms with E-state index in [9.17, 15) is 4.79 Å². The zero-order valence-corrected chi connectivity index (χ0v) is 17.6. The number of carbonyl (C=O) groups excluding carboxylic acids is 1. The minimum atomic E-state index is -0.446. The highest BCUT2D eigenvalue weighted by atomic mass is 16.5. The Morgan fingerprint density at radius 2 is 1.83 bits per heavy atom. The van der Waals surface area contributed by atoms with E-state index in [1.807, 2.05) is 19.1 Å². The molecule has 0 radical (unpaired) electrons. The van der Waals surface area contributed by atoms with Gasteiger partial charge in [0.15, 0.2) is 0 Å². The first kappa shape index (κ1) is 21.3. The van der Waals surface area contributed by atoms with Crippen LogP contribution in [-0.4, -0.2) is 46.0 Å². The lowest BCUT2D eigenvalue weighted by molar-refractivity contribution is -0.137. The van der Waals surface area contributed by atoms with Crippen LogP contribution in [0.2, 0.25) is 0 Å². The van der Waals surface area contributed by atoms with Crippen molar-refractivity contribution in [2.24, 2.45) is 5.41 Å². The van der Waals surface area contributed by atoms with Crippen LogP contribution in [0.3, 0.4) is 0 Å². The molecule has 156 valence electrons. The molecule has 1 fully saturated rings. The predicted molar refractivity (Wildman–Crippen MR) is 114 cm³/mol. The van der Waals surface area contributed by atoms with Crippen molar-refractivity contribution < 1.29 is 19.0 Å². The fraction of sp³-hybridized carbons (Fsp3) is 0.458. The summed E-state index contributed by atoms with van der Waals surface area (Å²) < 4.78 is 16.0. The van der Waals surface area contributed by atoms with Gasteiger partial charge in [-0.1, -0.05) is 36.4 Å². The van der Waals surface area contributed by atoms with Crippen molar-refractivity contribution in [2.75, 3.05) is 34.0 Å². The van der Waals surface area contributed by atoms with Gasteiger partial charge in [-0.05, 0) is 55.0 Å². The molecule has 2 aromatic rings. The molecule has 3 rings (SSSR count). The Morgan fingerprint density at radius 3 is 2.48 bits per heavy atom. The average molecular weight is 398 g/mol. The summed E-state index contributed by atoms with van der Waals surface area (Å²) >= 11 is 0. The smallest absolute Gasteiger partial charge is 0.227 e. The van der Waals surface area contributed by atoms with Crippen LogP contribution < -0.4 is 10.1 Å². The molecule has 0 aliphatic carbocycles. The van der Waals surface area contributed by atoms with E-state index in [4.69, 9.17) is 14.2 Å². The minimum Gasteiger partial charge on any atom is -0.497 e. The van der Waals surface area contributed by atoms with Crippen molar-refractivity contribution in [1.82, 2.24) is 5.32 Å². The lowest BCUT2D eigenvalue weighted by Crippen LogP contribution is -2.49. The molecule has 0 saturated carbocycles. The Labute approximate surface area is 173 Å². The van der Waals surface area contributed by atoms with E-state index < -0.39 is 5.41 Å². The first-order chi connectivity index (χ1) is 14.1. The van der Waals surface area contributed by atoms with Crippen LogP contribution in [0.15, 0.2) is 48.5 Å². The number of benzene rings is 2. The summed E-state index contributed by atoms with van der Waals surface area (Å²) in [7, 11) is 3.32. The van der Waals surface area contributed by atoms with Crippen LogP contribution >= 0.6 is 0 Å². The maximum absolute atomic E-state index is 13.2. The molecule has 5 heteroatoms. The van der Waals surface area contributed by atoms with Gasteiger partial charge in [-0.15, -0.1) is 0 Å². The molecular formula is C24H31NO4. The first-order valence-electron chi connectivity index (χ1n) is 10.2. The maximum Gasteiger partial charge on any atom is 0.227 e. The van der Waals surface area contributed by atoms with E-state index in [1.54, 1.807) is 14.2 Å². The Kier molecular flexibility index (Phi) is 7.29. The minimum absolute atomic E-state index is 0.0159. The molecule has 1 heterocycles. The highest BCUT2D eigenvalue weighted by Gasteiger charge is 2.40. The second kappa shape index (κ2) is 9.90. The summed E-state index contributed by atoms with van der Waals surface area (Å²) in [5.41, 5.74) is 2.99. The van der Waals surface area contributed by atoms with Crippen LogP contribution in [-0.2, 0) is 20.7 Å². The van der Waals surface area contributed by atoms with Gasteiger partial charge in [0.25, 0.3) is 0 Å². The zero-order chi connectivity index (χ0) is 20.7. The van der Waals surface area contributed by atoms with Gasteiger partial charge in [0.2, 0.25) is 5.91 Å². The average Bonchev–Trinajstić information content (AvgIpc) is 2.75. The standard InChI is InChI=1S/C24H31NO4/c1-18(17-27-2)25-23(26)24(11-13-29-14-12-24)16-19-5-4-6-21(15-19)20-7-9-22(28-3)10-8-20/h4-10,15,18H,11-14,16-17H2,1-3H3,(H,25,26). The molecule has 1 amide bonds. The normalized spacial score (nSPS) is 16.8. The van der Waals surface area contributed by atoms with Gasteiger partial charge in [-0.25, -0.2) is 0 Å². The van der Waals surface area contributed by atoms with E-state index in [-0.39, 0.29) is 11.9 Å². The number of hydrogen-bond acceptors (Lipinski definition) is 4. The topological polar surface area (TPSA) is 56.8 Å². The summed E-state index contributed by atoms with van der Waals surface area (Å²) in [4.78, 5) is 13.2. The highest BCUT2D eigenvalue weighted by Crippen LogP contribution is 2.36. The molecule has 1 aliphatic heterocycles. The molecule has 0 bridgehead atoms. The Balaban J connectivity index is 1.81. The Hall–Kier alpha value is -2.37. The summed E-state index contributed by atoms with van der Waals surface area (Å²) in [5, 5.41) is 3.14. The lowest BCUT2D eigenvalue weighted by Gasteiger charge is -2.37. The molecule has 29 heavy (non-hydrogen) atoms. The summed E-state index contributed by atoms with van der Waals surface area (Å²) in [6.45, 7) is 3.71. The largest absolute Gasteiger partial charge is 0.497 e. The summed E-state index contributed by atoms with van der Waals surface area (Å²) in [6.07, 6.45) is 2.16. The molecular weight excluding hydrogens is 366 g/mol. The van der Waals surface area contributed by atoms with Gasteiger partial charge in [-0.2, -0.15) is 0 Å². The van der Waals surface area contributed by atoms with Gasteiger partial charge in [0.05, 0.1) is 19.1 Å². The van der Waals surface area contributed by atoms with Crippen LogP contribution in [0.25, 0.3) is 11.1 Å². The number of amides is 1. The van der Waals surface area contributed by atoms with Crippen molar-refractivity contribution in [3.8, 4) is 16.9 Å². The zero-order valence-electron chi connectivity index (χ0n) is 17.6. The molecule has 1 saturated heterocycles. The third kappa shape index (κ3) is 5.37. The lowest BCUT2D eigenvalue weighted by atomic mass is 9.74. The van der Waals surface area contributed by atoms with Crippen LogP contribution in [0.4, 0.5) is 0 Å². The van der Waals surface area contributed by atoms with Crippen LogP contribution in [0.1, 0.15) is 25.3 Å². The van der Waals surface area contributed by atoms with Crippen molar-refractivity contribution in [3.63, 3.8) is 0 Å². The van der Waals surface area contributed by atoms with E-state index in [2.05, 4.69) is 41.7 Å². The van der Waals surface area contributed by atoms with E-state index >= 15 is 0 Å². The van der Waals surface area contributed by atoms with Gasteiger partial charge in [0.1, 0.15) is 5.75 Å². The van der Waals surface area contributed by atoms with Gasteiger partial charge in [0, 0.05) is 26.4 Å². The van der Waals surface area contributed by atoms with Crippen molar-refractivity contribution >= 4 is 5.91 Å². The monoisotopic (exact) mass is 397 g/mol. The molecule has 0 aromatic heterocycles. The molecule has 1 atom stereocenters. The third-order valence-corrected chi connectivity index (χ3v) is 5.62.